The molecule has 1 aromatic carbocycles. The molecule has 0 bridgehead atoms. The van der Waals surface area contributed by atoms with Crippen molar-refractivity contribution in [1.82, 2.24) is 9.38 Å². The highest BCUT2D eigenvalue weighted by Crippen LogP contribution is 2.30. The number of hydrogen-bond acceptors (Lipinski definition) is 6. The van der Waals surface area contributed by atoms with Crippen LogP contribution in [0.25, 0.3) is 4.96 Å². The molecule has 9 heteroatoms. The van der Waals surface area contributed by atoms with Gasteiger partial charge in [-0.15, -0.1) is 0 Å². The number of nitro groups is 1. The highest BCUT2D eigenvalue weighted by Gasteiger charge is 2.23. The Bertz CT molecular complexity index is 884. The Balaban J connectivity index is 1.90. The van der Waals surface area contributed by atoms with Crippen molar-refractivity contribution in [1.29, 1.82) is 0 Å². The van der Waals surface area contributed by atoms with E-state index in [1.165, 1.54) is 27.6 Å². The number of nitrogens with one attached hydrogen (secondary N) is 1. The van der Waals surface area contributed by atoms with Crippen LogP contribution >= 0.6 is 11.3 Å². The number of carbonyl (C=O) groups is 1. The van der Waals surface area contributed by atoms with Gasteiger partial charge in [-0.1, -0.05) is 11.3 Å². The molecule has 2 heterocycles. The van der Waals surface area contributed by atoms with Crippen LogP contribution in [0.1, 0.15) is 6.92 Å². The number of carbonyl (C=O) groups excluding carboxylic acids is 1. The van der Waals surface area contributed by atoms with E-state index in [-0.39, 0.29) is 17.5 Å². The molecule has 0 unspecified atom stereocenters. The first kappa shape index (κ1) is 15.0. The largest absolute Gasteiger partial charge is 0.373 e. The monoisotopic (exact) mass is 331 g/mol. The van der Waals surface area contributed by atoms with E-state index in [4.69, 9.17) is 0 Å². The minimum Gasteiger partial charge on any atom is -0.358 e. The zero-order valence-corrected chi connectivity index (χ0v) is 13.2. The maximum atomic E-state index is 11.3. The summed E-state index contributed by atoms with van der Waals surface area (Å²) >= 11 is 1.32. The fourth-order valence-corrected chi connectivity index (χ4v) is 2.83. The van der Waals surface area contributed by atoms with Crippen LogP contribution in [-0.4, -0.2) is 27.3 Å². The normalized spacial score (nSPS) is 10.7. The second kappa shape index (κ2) is 5.69. The Labute approximate surface area is 135 Å². The molecule has 2 aromatic heterocycles. The summed E-state index contributed by atoms with van der Waals surface area (Å²) in [6.07, 6.45) is 1.61. The average Bonchev–Trinajstić information content (AvgIpc) is 3.07. The fraction of sp³-hybridized carbons (Fsp3) is 0.143. The van der Waals surface area contributed by atoms with Crippen molar-refractivity contribution in [3.8, 4) is 0 Å². The molecule has 0 atom stereocenters. The van der Waals surface area contributed by atoms with Gasteiger partial charge >= 0.3 is 5.82 Å². The Morgan fingerprint density at radius 1 is 1.39 bits per heavy atom. The molecule has 0 aliphatic heterocycles. The van der Waals surface area contributed by atoms with Gasteiger partial charge in [-0.2, -0.15) is 9.38 Å². The van der Waals surface area contributed by atoms with E-state index in [0.29, 0.717) is 10.6 Å². The van der Waals surface area contributed by atoms with Gasteiger partial charge in [0.15, 0.2) is 0 Å². The third kappa shape index (κ3) is 2.73. The van der Waals surface area contributed by atoms with Crippen molar-refractivity contribution < 1.29 is 9.72 Å². The molecule has 3 aromatic rings. The summed E-state index contributed by atoms with van der Waals surface area (Å²) in [5.41, 5.74) is 1.39. The van der Waals surface area contributed by atoms with Crippen LogP contribution in [0.3, 0.4) is 0 Å². The minimum atomic E-state index is -0.465. The van der Waals surface area contributed by atoms with E-state index in [9.17, 15) is 14.9 Å². The molecule has 0 aliphatic rings. The fourth-order valence-electron chi connectivity index (χ4n) is 2.12. The lowest BCUT2D eigenvalue weighted by Crippen LogP contribution is -2.22. The van der Waals surface area contributed by atoms with Crippen molar-refractivity contribution in [3.05, 3.63) is 46.0 Å². The Morgan fingerprint density at radius 2 is 2.09 bits per heavy atom. The number of fused-ring (bicyclic) bond motifs is 1. The van der Waals surface area contributed by atoms with Crippen LogP contribution in [0, 0.1) is 10.1 Å². The van der Waals surface area contributed by atoms with Gasteiger partial charge in [0.25, 0.3) is 4.96 Å². The molecule has 0 radical (unpaired) electrons. The first-order chi connectivity index (χ1) is 11.0. The molecular formula is C14H13N5O3S. The number of thiazole rings is 1. The number of amides is 1. The third-order valence-electron chi connectivity index (χ3n) is 3.40. The van der Waals surface area contributed by atoms with E-state index < -0.39 is 4.92 Å². The van der Waals surface area contributed by atoms with E-state index in [1.807, 2.05) is 0 Å². The molecule has 0 saturated carbocycles. The molecule has 0 saturated heterocycles. The number of rotatable bonds is 4. The molecule has 23 heavy (non-hydrogen) atoms. The van der Waals surface area contributed by atoms with Gasteiger partial charge in [0, 0.05) is 30.7 Å². The SMILES string of the molecule is CC(=O)N(C)c1ccc(Nc2nc3sccn3c2[N+](=O)[O-])cc1. The molecule has 8 nitrogen and oxygen atoms in total. The summed E-state index contributed by atoms with van der Waals surface area (Å²) in [5.74, 6) is 0.0105. The maximum absolute atomic E-state index is 11.3. The summed E-state index contributed by atoms with van der Waals surface area (Å²) in [6.45, 7) is 1.48. The Morgan fingerprint density at radius 3 is 2.70 bits per heavy atom. The van der Waals surface area contributed by atoms with E-state index in [1.54, 1.807) is 42.9 Å². The van der Waals surface area contributed by atoms with Crippen LogP contribution in [-0.2, 0) is 4.79 Å². The van der Waals surface area contributed by atoms with Gasteiger partial charge in [0.1, 0.15) is 6.20 Å². The topological polar surface area (TPSA) is 92.8 Å². The number of anilines is 3. The van der Waals surface area contributed by atoms with Gasteiger partial charge in [-0.25, -0.2) is 0 Å². The quantitative estimate of drug-likeness (QED) is 0.586. The van der Waals surface area contributed by atoms with Crippen LogP contribution in [0.2, 0.25) is 0 Å². The standard InChI is InChI=1S/C14H13N5O3S/c1-9(20)17(2)11-5-3-10(4-6-11)15-12-13(19(21)22)18-7-8-23-14(18)16-12/h3-8,15H,1-2H3. The molecule has 118 valence electrons. The summed E-state index contributed by atoms with van der Waals surface area (Å²) in [6, 6.07) is 7.00. The Kier molecular flexibility index (Phi) is 3.70. The number of benzene rings is 1. The van der Waals surface area contributed by atoms with Gasteiger partial charge in [0.05, 0.1) is 0 Å². The molecule has 1 amide bonds. The Hall–Kier alpha value is -2.94. The summed E-state index contributed by atoms with van der Waals surface area (Å²) in [5, 5.41) is 16.0. The molecular weight excluding hydrogens is 318 g/mol. The predicted octanol–water partition coefficient (Wildman–Crippen LogP) is 3.03. The highest BCUT2D eigenvalue weighted by molar-refractivity contribution is 7.15. The van der Waals surface area contributed by atoms with Gasteiger partial charge in [-0.3, -0.25) is 4.79 Å². The lowest BCUT2D eigenvalue weighted by molar-refractivity contribution is -0.389. The smallest absolute Gasteiger partial charge is 0.358 e. The van der Waals surface area contributed by atoms with E-state index in [2.05, 4.69) is 10.3 Å². The molecule has 3 rings (SSSR count). The van der Waals surface area contributed by atoms with Crippen molar-refractivity contribution in [3.63, 3.8) is 0 Å². The number of aromatic nitrogens is 2. The van der Waals surface area contributed by atoms with Gasteiger partial charge in [0.2, 0.25) is 11.7 Å². The third-order valence-corrected chi connectivity index (χ3v) is 4.16. The number of hydrogen-bond donors (Lipinski definition) is 1. The molecule has 0 fully saturated rings. The number of imidazole rings is 1. The maximum Gasteiger partial charge on any atom is 0.373 e. The summed E-state index contributed by atoms with van der Waals surface area (Å²) in [7, 11) is 1.68. The van der Waals surface area contributed by atoms with Crippen LogP contribution in [0.5, 0.6) is 0 Å². The van der Waals surface area contributed by atoms with Crippen LogP contribution in [0.4, 0.5) is 23.0 Å². The second-order valence-corrected chi connectivity index (χ2v) is 5.72. The average molecular weight is 331 g/mol. The lowest BCUT2D eigenvalue weighted by Gasteiger charge is -2.15. The van der Waals surface area contributed by atoms with E-state index in [0.717, 1.165) is 5.69 Å². The number of nitrogens with zero attached hydrogens (tertiary/aromatic N) is 4. The van der Waals surface area contributed by atoms with Crippen molar-refractivity contribution in [2.75, 3.05) is 17.3 Å². The van der Waals surface area contributed by atoms with Crippen LogP contribution < -0.4 is 10.2 Å². The van der Waals surface area contributed by atoms with E-state index >= 15 is 0 Å². The van der Waals surface area contributed by atoms with Crippen molar-refractivity contribution in [2.24, 2.45) is 0 Å². The molecule has 0 aliphatic carbocycles. The minimum absolute atomic E-state index is 0.0734. The predicted molar refractivity (Wildman–Crippen MR) is 88.5 cm³/mol. The highest BCUT2D eigenvalue weighted by atomic mass is 32.1. The van der Waals surface area contributed by atoms with Gasteiger partial charge < -0.3 is 20.3 Å². The zero-order valence-electron chi connectivity index (χ0n) is 12.4. The molecule has 0 spiro atoms. The van der Waals surface area contributed by atoms with Crippen molar-refractivity contribution >= 4 is 45.2 Å². The van der Waals surface area contributed by atoms with Crippen LogP contribution in [0.15, 0.2) is 35.8 Å². The first-order valence-corrected chi connectivity index (χ1v) is 7.56. The lowest BCUT2D eigenvalue weighted by atomic mass is 10.2. The second-order valence-electron chi connectivity index (χ2n) is 4.85. The summed E-state index contributed by atoms with van der Waals surface area (Å²) in [4.78, 5) is 28.4. The van der Waals surface area contributed by atoms with Crippen molar-refractivity contribution in [2.45, 2.75) is 6.92 Å². The molecule has 1 N–H and O–H groups in total. The van der Waals surface area contributed by atoms with Gasteiger partial charge in [-0.05, 0) is 29.2 Å². The first-order valence-electron chi connectivity index (χ1n) is 6.68. The zero-order chi connectivity index (χ0) is 16.6. The summed E-state index contributed by atoms with van der Waals surface area (Å²) < 4.78 is 1.44.